The summed E-state index contributed by atoms with van der Waals surface area (Å²) in [5, 5.41) is 13.8. The van der Waals surface area contributed by atoms with Crippen LogP contribution in [0.2, 0.25) is 0 Å². The summed E-state index contributed by atoms with van der Waals surface area (Å²) in [6.45, 7) is 0.918. The van der Waals surface area contributed by atoms with Gasteiger partial charge in [-0.1, -0.05) is 24.5 Å². The van der Waals surface area contributed by atoms with E-state index in [1.165, 1.54) is 9.58 Å². The Bertz CT molecular complexity index is 1260. The second kappa shape index (κ2) is 8.81. The molecule has 3 unspecified atom stereocenters. The van der Waals surface area contributed by atoms with Crippen LogP contribution in [-0.2, 0) is 20.9 Å². The van der Waals surface area contributed by atoms with Gasteiger partial charge >= 0.3 is 0 Å². The van der Waals surface area contributed by atoms with E-state index < -0.39 is 11.9 Å². The van der Waals surface area contributed by atoms with Gasteiger partial charge in [-0.15, -0.1) is 5.10 Å². The monoisotopic (exact) mass is 492 g/mol. The molecule has 1 aliphatic carbocycles. The van der Waals surface area contributed by atoms with E-state index in [0.717, 1.165) is 44.1 Å². The summed E-state index contributed by atoms with van der Waals surface area (Å²) in [7, 11) is 0. The number of hydrogen-bond donors (Lipinski definition) is 2. The van der Waals surface area contributed by atoms with Crippen LogP contribution in [-0.4, -0.2) is 67.8 Å². The number of amides is 4. The van der Waals surface area contributed by atoms with Gasteiger partial charge in [0.1, 0.15) is 6.04 Å². The van der Waals surface area contributed by atoms with Crippen LogP contribution in [0.4, 0.5) is 0 Å². The molecule has 36 heavy (non-hydrogen) atoms. The number of ether oxygens (including phenoxy) is 1. The molecule has 4 heterocycles. The van der Waals surface area contributed by atoms with Crippen LogP contribution in [0.1, 0.15) is 77.8 Å². The Morgan fingerprint density at radius 3 is 2.89 bits per heavy atom. The molecule has 2 saturated heterocycles. The average molecular weight is 493 g/mol. The van der Waals surface area contributed by atoms with Gasteiger partial charge in [-0.05, 0) is 49.4 Å². The Balaban J connectivity index is 1.18. The van der Waals surface area contributed by atoms with Gasteiger partial charge < -0.3 is 15.0 Å². The first-order chi connectivity index (χ1) is 17.4. The number of nitrogens with zero attached hydrogens (tertiary/aromatic N) is 4. The highest BCUT2D eigenvalue weighted by Gasteiger charge is 2.46. The normalized spacial score (nSPS) is 27.9. The average Bonchev–Trinajstić information content (AvgIpc) is 3.55. The SMILES string of the molecule is O=C1CCC(N2Cc3cc(-n4cc(C(=O)NC56CCCCCC5OCC6)nn4)ccc3C2=O)C(=O)N1. The molecule has 11 nitrogen and oxygen atoms in total. The van der Waals surface area contributed by atoms with E-state index in [0.29, 0.717) is 24.3 Å². The second-order valence-electron chi connectivity index (χ2n) is 10.1. The van der Waals surface area contributed by atoms with Gasteiger partial charge in [0, 0.05) is 25.1 Å². The van der Waals surface area contributed by atoms with Crippen molar-refractivity contribution in [2.24, 2.45) is 0 Å². The lowest BCUT2D eigenvalue weighted by atomic mass is 9.86. The highest BCUT2D eigenvalue weighted by Crippen LogP contribution is 2.37. The molecule has 11 heteroatoms. The Kier molecular flexibility index (Phi) is 5.59. The summed E-state index contributed by atoms with van der Waals surface area (Å²) in [4.78, 5) is 51.3. The molecule has 6 rings (SSSR count). The zero-order valence-electron chi connectivity index (χ0n) is 19.9. The van der Waals surface area contributed by atoms with Crippen LogP contribution < -0.4 is 10.6 Å². The lowest BCUT2D eigenvalue weighted by molar-refractivity contribution is -0.136. The van der Waals surface area contributed by atoms with Crippen molar-refractivity contribution >= 4 is 23.6 Å². The topological polar surface area (TPSA) is 136 Å². The minimum Gasteiger partial charge on any atom is -0.376 e. The molecule has 3 aliphatic heterocycles. The molecule has 4 aliphatic rings. The van der Waals surface area contributed by atoms with Crippen LogP contribution >= 0.6 is 0 Å². The largest absolute Gasteiger partial charge is 0.376 e. The van der Waals surface area contributed by atoms with Gasteiger partial charge in [0.2, 0.25) is 11.8 Å². The van der Waals surface area contributed by atoms with Crippen molar-refractivity contribution in [3.8, 4) is 5.69 Å². The van der Waals surface area contributed by atoms with E-state index in [-0.39, 0.29) is 48.0 Å². The van der Waals surface area contributed by atoms with E-state index >= 15 is 0 Å². The first-order valence-electron chi connectivity index (χ1n) is 12.6. The van der Waals surface area contributed by atoms with Gasteiger partial charge in [0.25, 0.3) is 11.8 Å². The lowest BCUT2D eigenvalue weighted by Gasteiger charge is -2.33. The predicted octanol–water partition coefficient (Wildman–Crippen LogP) is 1.25. The number of rotatable bonds is 4. The number of piperidine rings is 1. The summed E-state index contributed by atoms with van der Waals surface area (Å²) >= 11 is 0. The molecule has 3 fully saturated rings. The second-order valence-corrected chi connectivity index (χ2v) is 10.1. The molecule has 2 aromatic rings. The fourth-order valence-corrected chi connectivity index (χ4v) is 5.99. The lowest BCUT2D eigenvalue weighted by Crippen LogP contribution is -2.53. The predicted molar refractivity (Wildman–Crippen MR) is 125 cm³/mol. The highest BCUT2D eigenvalue weighted by molar-refractivity contribution is 6.05. The number of carbonyl (C=O) groups excluding carboxylic acids is 4. The van der Waals surface area contributed by atoms with E-state index in [1.54, 1.807) is 18.3 Å². The van der Waals surface area contributed by atoms with Crippen LogP contribution in [0, 0.1) is 0 Å². The minimum absolute atomic E-state index is 0.0422. The van der Waals surface area contributed by atoms with E-state index in [1.807, 2.05) is 6.07 Å². The van der Waals surface area contributed by atoms with Crippen LogP contribution in [0.15, 0.2) is 24.4 Å². The third kappa shape index (κ3) is 3.87. The fourth-order valence-electron chi connectivity index (χ4n) is 5.99. The number of benzene rings is 1. The van der Waals surface area contributed by atoms with Gasteiger partial charge in [0.05, 0.1) is 23.5 Å². The summed E-state index contributed by atoms with van der Waals surface area (Å²) in [5.74, 6) is -1.26. The molecule has 3 atom stereocenters. The molecule has 1 aromatic carbocycles. The third-order valence-corrected chi connectivity index (χ3v) is 7.93. The number of fused-ring (bicyclic) bond motifs is 2. The fraction of sp³-hybridized carbons (Fsp3) is 0.520. The maximum absolute atomic E-state index is 13.1. The van der Waals surface area contributed by atoms with E-state index in [9.17, 15) is 19.2 Å². The van der Waals surface area contributed by atoms with Crippen molar-refractivity contribution in [3.63, 3.8) is 0 Å². The van der Waals surface area contributed by atoms with Gasteiger partial charge in [-0.2, -0.15) is 0 Å². The van der Waals surface area contributed by atoms with Crippen LogP contribution in [0.3, 0.4) is 0 Å². The molecule has 4 amide bonds. The van der Waals surface area contributed by atoms with Crippen LogP contribution in [0.25, 0.3) is 5.69 Å². The molecule has 188 valence electrons. The summed E-state index contributed by atoms with van der Waals surface area (Å²) < 4.78 is 7.45. The zero-order valence-corrected chi connectivity index (χ0v) is 19.9. The third-order valence-electron chi connectivity index (χ3n) is 7.93. The van der Waals surface area contributed by atoms with E-state index in [4.69, 9.17) is 4.74 Å². The number of carbonyl (C=O) groups is 4. The molecule has 1 aromatic heterocycles. The number of imide groups is 1. The number of hydrogen-bond acceptors (Lipinski definition) is 7. The maximum atomic E-state index is 13.1. The molecule has 0 spiro atoms. The molecule has 0 bridgehead atoms. The smallest absolute Gasteiger partial charge is 0.274 e. The van der Waals surface area contributed by atoms with Gasteiger partial charge in [-0.3, -0.25) is 24.5 Å². The Labute approximate surface area is 207 Å². The molecular weight excluding hydrogens is 464 g/mol. The van der Waals surface area contributed by atoms with Crippen molar-refractivity contribution in [2.45, 2.75) is 75.6 Å². The molecular formula is C25H28N6O5. The van der Waals surface area contributed by atoms with E-state index in [2.05, 4.69) is 20.9 Å². The minimum atomic E-state index is -0.667. The standard InChI is InChI=1S/C25H28N6O5/c32-21-8-7-19(23(34)26-21)30-13-15-12-16(5-6-17(15)24(30)35)31-14-18(28-29-31)22(33)27-25-9-3-1-2-4-20(25)36-11-10-25/h5-6,12,14,19-20H,1-4,7-11,13H2,(H,27,33)(H,26,32,34). The van der Waals surface area contributed by atoms with Gasteiger partial charge in [-0.25, -0.2) is 4.68 Å². The van der Waals surface area contributed by atoms with Crippen molar-refractivity contribution in [3.05, 3.63) is 41.2 Å². The Morgan fingerprint density at radius 2 is 2.03 bits per heavy atom. The summed E-state index contributed by atoms with van der Waals surface area (Å²) in [6, 6.07) is 4.59. The van der Waals surface area contributed by atoms with Crippen molar-refractivity contribution < 1.29 is 23.9 Å². The Morgan fingerprint density at radius 1 is 1.14 bits per heavy atom. The van der Waals surface area contributed by atoms with Crippen molar-refractivity contribution in [2.75, 3.05) is 6.61 Å². The van der Waals surface area contributed by atoms with Crippen LogP contribution in [0.5, 0.6) is 0 Å². The first-order valence-corrected chi connectivity index (χ1v) is 12.6. The molecule has 0 radical (unpaired) electrons. The first kappa shape index (κ1) is 22.8. The summed E-state index contributed by atoms with van der Waals surface area (Å²) in [5.41, 5.74) is 1.81. The molecule has 1 saturated carbocycles. The Hall–Kier alpha value is -3.60. The number of aromatic nitrogens is 3. The van der Waals surface area contributed by atoms with Crippen molar-refractivity contribution in [1.82, 2.24) is 30.5 Å². The molecule has 2 N–H and O–H groups in total. The maximum Gasteiger partial charge on any atom is 0.274 e. The zero-order chi connectivity index (χ0) is 24.9. The number of nitrogens with one attached hydrogen (secondary N) is 2. The highest BCUT2D eigenvalue weighted by atomic mass is 16.5. The summed E-state index contributed by atoms with van der Waals surface area (Å²) in [6.07, 6.45) is 8.14. The van der Waals surface area contributed by atoms with Crippen molar-refractivity contribution in [1.29, 1.82) is 0 Å². The quantitative estimate of drug-likeness (QED) is 0.613. The van der Waals surface area contributed by atoms with Gasteiger partial charge in [0.15, 0.2) is 5.69 Å².